The number of quaternary nitrogens is 1. The number of aldehydes is 1. The zero-order valence-corrected chi connectivity index (χ0v) is 30.9. The first-order valence-corrected chi connectivity index (χ1v) is 18.8. The number of β-lactam (4-membered cyclic amide) rings is 1. The number of thiazole rings is 1. The molecule has 2 fully saturated rings. The van der Waals surface area contributed by atoms with Crippen molar-refractivity contribution < 1.29 is 53.3 Å². The van der Waals surface area contributed by atoms with Crippen LogP contribution in [0.2, 0.25) is 0 Å². The third-order valence-corrected chi connectivity index (χ3v) is 11.7. The fourth-order valence-corrected chi connectivity index (χ4v) is 9.01. The van der Waals surface area contributed by atoms with E-state index in [1.54, 1.807) is 10.8 Å². The van der Waals surface area contributed by atoms with Gasteiger partial charge in [-0.15, -0.1) is 23.1 Å². The number of benzene rings is 1. The topological polar surface area (TPSA) is 253 Å². The van der Waals surface area contributed by atoms with Crippen LogP contribution >= 0.6 is 23.1 Å². The molecular formula is C34H38N7O11S2+. The Morgan fingerprint density at radius 2 is 1.94 bits per heavy atom. The average molecular weight is 785 g/mol. The second kappa shape index (κ2) is 15.5. The van der Waals surface area contributed by atoms with E-state index < -0.39 is 53.4 Å². The number of nitrogens with one attached hydrogen (secondary N) is 1. The molecule has 3 atom stereocenters. The van der Waals surface area contributed by atoms with Gasteiger partial charge in [0.2, 0.25) is 6.10 Å². The van der Waals surface area contributed by atoms with Gasteiger partial charge in [-0.25, -0.2) is 14.6 Å². The molecule has 2 amide bonds. The Morgan fingerprint density at radius 3 is 2.57 bits per heavy atom. The number of methoxy groups -OCH3 is 1. The number of hydrogen-bond donors (Lipinski definition) is 5. The maximum absolute atomic E-state index is 13.8. The summed E-state index contributed by atoms with van der Waals surface area (Å²) in [6, 6.07) is 1.66. The number of carboxylic acids is 1. The van der Waals surface area contributed by atoms with Crippen molar-refractivity contribution in [3.63, 3.8) is 0 Å². The number of nitrogen functional groups attached to an aromatic ring is 1. The summed E-state index contributed by atoms with van der Waals surface area (Å²) in [5, 5.41) is 37.3. The molecule has 5 heterocycles. The molecule has 0 aliphatic carbocycles. The standard InChI is InChI=1S/C34H37N7O11S2/c1-3-39-12-17(27(44)19-6-7-21(43)28(45)26(19)39)13-41(9-4-5-10-41)14-18-15-53-31-24(30(47)40(31)25(18)33(50)51-2)37-29(46)23(20-16-54-34(35)36-20)38-52-22(8-11-42)32(48)49/h6-7,11-12,16,22,24,31H,3-5,8-10,13-15H2,1-2H3,(H5-,35,36,37,38,43,44,45,46,48,49)/p+1/t22-,24?,31?/m0/s1. The number of oxime groups is 1. The van der Waals surface area contributed by atoms with Crippen molar-refractivity contribution in [3.05, 3.63) is 56.5 Å². The predicted molar refractivity (Wildman–Crippen MR) is 195 cm³/mol. The number of aromatic nitrogens is 2. The molecule has 0 spiro atoms. The number of amides is 2. The van der Waals surface area contributed by atoms with Crippen molar-refractivity contribution in [2.24, 2.45) is 5.16 Å². The molecule has 2 saturated heterocycles. The largest absolute Gasteiger partial charge is 0.504 e. The van der Waals surface area contributed by atoms with Crippen LogP contribution in [0.25, 0.3) is 10.9 Å². The second-order valence-corrected chi connectivity index (χ2v) is 15.1. The van der Waals surface area contributed by atoms with Crippen LogP contribution in [-0.2, 0) is 46.6 Å². The monoisotopic (exact) mass is 784 g/mol. The lowest BCUT2D eigenvalue weighted by molar-refractivity contribution is -0.925. The van der Waals surface area contributed by atoms with Crippen LogP contribution in [0.4, 0.5) is 5.13 Å². The molecule has 0 saturated carbocycles. The second-order valence-electron chi connectivity index (χ2n) is 13.1. The summed E-state index contributed by atoms with van der Waals surface area (Å²) in [5.74, 6) is -4.15. The highest BCUT2D eigenvalue weighted by atomic mass is 32.2. The summed E-state index contributed by atoms with van der Waals surface area (Å²) in [4.78, 5) is 87.2. The molecule has 2 unspecified atom stereocenters. The number of fused-ring (bicyclic) bond motifs is 2. The number of phenols is 2. The fourth-order valence-electron chi connectivity index (χ4n) is 7.13. The number of aromatic hydroxyl groups is 2. The number of nitrogens with two attached hydrogens (primary N) is 1. The molecular weight excluding hydrogens is 747 g/mol. The maximum Gasteiger partial charge on any atom is 0.355 e. The maximum atomic E-state index is 13.8. The molecule has 0 bridgehead atoms. The summed E-state index contributed by atoms with van der Waals surface area (Å²) >= 11 is 2.31. The number of thioether (sulfide) groups is 1. The summed E-state index contributed by atoms with van der Waals surface area (Å²) in [6.07, 6.45) is 1.55. The van der Waals surface area contributed by atoms with Crippen molar-refractivity contribution in [1.29, 1.82) is 0 Å². The quantitative estimate of drug-likeness (QED) is 0.0290. The van der Waals surface area contributed by atoms with E-state index in [1.165, 1.54) is 41.3 Å². The molecule has 3 aromatic rings. The Labute approximate surface area is 315 Å². The van der Waals surface area contributed by atoms with Gasteiger partial charge in [-0.05, 0) is 19.1 Å². The highest BCUT2D eigenvalue weighted by Gasteiger charge is 2.55. The predicted octanol–water partition coefficient (Wildman–Crippen LogP) is 0.872. The highest BCUT2D eigenvalue weighted by Crippen LogP contribution is 2.42. The van der Waals surface area contributed by atoms with Gasteiger partial charge in [0, 0.05) is 42.3 Å². The third kappa shape index (κ3) is 7.10. The van der Waals surface area contributed by atoms with Gasteiger partial charge in [-0.2, -0.15) is 0 Å². The number of rotatable bonds is 14. The Hall–Kier alpha value is -5.47. The van der Waals surface area contributed by atoms with Gasteiger partial charge in [0.15, 0.2) is 27.8 Å². The number of aryl methyl sites for hydroxylation is 1. The summed E-state index contributed by atoms with van der Waals surface area (Å²) in [7, 11) is 1.21. The van der Waals surface area contributed by atoms with Crippen LogP contribution < -0.4 is 16.5 Å². The normalized spacial score (nSPS) is 19.9. The van der Waals surface area contributed by atoms with E-state index in [-0.39, 0.29) is 44.4 Å². The van der Waals surface area contributed by atoms with E-state index in [0.717, 1.165) is 24.2 Å². The van der Waals surface area contributed by atoms with Crippen molar-refractivity contribution in [3.8, 4) is 11.5 Å². The van der Waals surface area contributed by atoms with Gasteiger partial charge in [0.1, 0.15) is 42.2 Å². The lowest BCUT2D eigenvalue weighted by atomic mass is 10.0. The highest BCUT2D eigenvalue weighted by molar-refractivity contribution is 8.00. The average Bonchev–Trinajstić information content (AvgIpc) is 3.80. The number of carbonyl (C=O) groups excluding carboxylic acids is 4. The van der Waals surface area contributed by atoms with Crippen LogP contribution in [0.5, 0.6) is 11.5 Å². The fraction of sp³-hybridized carbons (Fsp3) is 0.412. The molecule has 286 valence electrons. The van der Waals surface area contributed by atoms with E-state index in [4.69, 9.17) is 15.3 Å². The Bertz CT molecular complexity index is 2160. The number of ether oxygens (including phenoxy) is 1. The van der Waals surface area contributed by atoms with Gasteiger partial charge < -0.3 is 49.8 Å². The zero-order chi connectivity index (χ0) is 38.9. The first-order chi connectivity index (χ1) is 25.8. The number of carboxylic acid groups (broad SMARTS) is 1. The van der Waals surface area contributed by atoms with E-state index >= 15 is 0 Å². The van der Waals surface area contributed by atoms with E-state index in [0.29, 0.717) is 60.4 Å². The third-order valence-electron chi connectivity index (χ3n) is 9.70. The van der Waals surface area contributed by atoms with Crippen LogP contribution in [0.3, 0.4) is 0 Å². The van der Waals surface area contributed by atoms with Crippen LogP contribution in [0.1, 0.15) is 37.4 Å². The van der Waals surface area contributed by atoms with Gasteiger partial charge in [-0.1, -0.05) is 5.16 Å². The lowest BCUT2D eigenvalue weighted by Gasteiger charge is -2.50. The van der Waals surface area contributed by atoms with Gasteiger partial charge in [-0.3, -0.25) is 19.3 Å². The molecule has 18 nitrogen and oxygen atoms in total. The Kier molecular flexibility index (Phi) is 11.0. The van der Waals surface area contributed by atoms with Crippen molar-refractivity contribution in [2.75, 3.05) is 38.2 Å². The molecule has 1 aromatic carbocycles. The summed E-state index contributed by atoms with van der Waals surface area (Å²) < 4.78 is 7.30. The van der Waals surface area contributed by atoms with Gasteiger partial charge in [0.25, 0.3) is 11.8 Å². The molecule has 20 heteroatoms. The van der Waals surface area contributed by atoms with Crippen molar-refractivity contribution >= 4 is 74.9 Å². The number of phenolic OH excluding ortho intramolecular Hbond substituents is 2. The zero-order valence-electron chi connectivity index (χ0n) is 29.2. The lowest BCUT2D eigenvalue weighted by Crippen LogP contribution is -2.71. The molecule has 3 aliphatic heterocycles. The molecule has 54 heavy (non-hydrogen) atoms. The van der Waals surface area contributed by atoms with Gasteiger partial charge in [0.05, 0.1) is 43.1 Å². The molecule has 2 aromatic heterocycles. The Morgan fingerprint density at radius 1 is 1.20 bits per heavy atom. The van der Waals surface area contributed by atoms with E-state index in [2.05, 4.69) is 15.5 Å². The van der Waals surface area contributed by atoms with E-state index in [1.807, 2.05) is 6.92 Å². The molecule has 6 rings (SSSR count). The SMILES string of the molecule is CCn1cc(C[N+]2(CC3=C(C(=O)OC)N4C(=O)C(NC(=O)/C(=N\O[C@@H](CC=O)C(=O)O)c5csc(N)n5)C4SC3)CCCC2)c(=O)c2ccc(O)c(O)c21. The number of carbonyl (C=O) groups is 5. The Balaban J connectivity index is 1.27. The minimum Gasteiger partial charge on any atom is -0.504 e. The first kappa shape index (κ1) is 38.3. The van der Waals surface area contributed by atoms with Crippen LogP contribution in [0.15, 0.2) is 44.9 Å². The first-order valence-electron chi connectivity index (χ1n) is 16.9. The summed E-state index contributed by atoms with van der Waals surface area (Å²) in [5.41, 5.74) is 6.40. The van der Waals surface area contributed by atoms with Crippen LogP contribution in [-0.4, -0.2) is 120 Å². The van der Waals surface area contributed by atoms with E-state index in [9.17, 15) is 44.1 Å². The van der Waals surface area contributed by atoms with Gasteiger partial charge >= 0.3 is 11.9 Å². The number of esters is 1. The minimum atomic E-state index is -1.68. The number of nitrogens with zero attached hydrogens (tertiary/aromatic N) is 5. The molecule has 3 aliphatic rings. The van der Waals surface area contributed by atoms with Crippen molar-refractivity contribution in [2.45, 2.75) is 56.8 Å². The number of aliphatic carboxylic acids is 1. The summed E-state index contributed by atoms with van der Waals surface area (Å²) in [6.45, 7) is 4.33. The number of pyridine rings is 1. The molecule has 6 N–H and O–H groups in total. The van der Waals surface area contributed by atoms with Crippen molar-refractivity contribution in [1.82, 2.24) is 19.8 Å². The number of hydrogen-bond acceptors (Lipinski definition) is 15. The number of likely N-dealkylation sites (tertiary alicyclic amines) is 1. The molecule has 0 radical (unpaired) electrons. The minimum absolute atomic E-state index is 0.0470. The number of anilines is 1. The smallest absolute Gasteiger partial charge is 0.355 e. The van der Waals surface area contributed by atoms with Crippen LogP contribution in [0, 0.1) is 0 Å².